The Morgan fingerprint density at radius 2 is 1.84 bits per heavy atom. The Bertz CT molecular complexity index is 2630. The molecule has 2 aliphatic carbocycles. The van der Waals surface area contributed by atoms with Crippen LogP contribution in [0.1, 0.15) is 102 Å². The molecule has 0 radical (unpaired) electrons. The number of nitrogens with one attached hydrogen (secondary N) is 2. The third kappa shape index (κ3) is 9.33. The zero-order valence-corrected chi connectivity index (χ0v) is 40.3. The van der Waals surface area contributed by atoms with E-state index in [-0.39, 0.29) is 28.6 Å². The molecule has 0 bridgehead atoms. The number of H-pyrrole nitrogens is 1. The minimum Gasteiger partial charge on any atom is -0.506 e. The van der Waals surface area contributed by atoms with Gasteiger partial charge in [0, 0.05) is 42.0 Å². The van der Waals surface area contributed by atoms with Crippen molar-refractivity contribution in [3.63, 3.8) is 0 Å². The van der Waals surface area contributed by atoms with Crippen molar-refractivity contribution in [2.75, 3.05) is 20.1 Å². The highest BCUT2D eigenvalue weighted by Gasteiger charge is 2.45. The van der Waals surface area contributed by atoms with E-state index in [2.05, 4.69) is 77.2 Å². The quantitative estimate of drug-likeness (QED) is 0.0547. The Labute approximate surface area is 378 Å². The van der Waals surface area contributed by atoms with Gasteiger partial charge in [0.25, 0.3) is 0 Å². The number of aromatic hydroxyl groups is 1. The van der Waals surface area contributed by atoms with E-state index in [1.165, 1.54) is 45.4 Å². The standard InChI is InChI=1S/C48H62N6O6S2Si/c1-30-14-22-42(62-30)48(58,41-13-9-26-61-41)46(57)59-33-17-15-32(16-18-33)53(5)24-10-25-54-45-37-12-8-11-34(37)31(27-38(45)51-52-54)28-49-29-40(60-63(6,7)47(2,3)4)35-19-21-39(55)44-36(35)20-23-43(56)50-44/h9,13-14,19-23,26-27,32-33,40,49,55,58H,8,10-12,15-18,24-25,28-29H2,1-7H3,(H,50,56)/t32-,33-,40-,48-/m0/s1. The van der Waals surface area contributed by atoms with E-state index >= 15 is 0 Å². The number of hydrogen-bond donors (Lipinski definition) is 4. The number of hydrogen-bond acceptors (Lipinski definition) is 12. The number of aryl methyl sites for hydroxylation is 3. The summed E-state index contributed by atoms with van der Waals surface area (Å²) in [6.07, 6.45) is 6.93. The summed E-state index contributed by atoms with van der Waals surface area (Å²) in [6, 6.07) is 16.9. The summed E-state index contributed by atoms with van der Waals surface area (Å²) in [5.41, 5.74) is 5.39. The number of ether oxygens (including phenoxy) is 1. The molecule has 0 saturated heterocycles. The van der Waals surface area contributed by atoms with Crippen molar-refractivity contribution in [2.24, 2.45) is 0 Å². The van der Waals surface area contributed by atoms with Crippen LogP contribution in [0.2, 0.25) is 18.1 Å². The van der Waals surface area contributed by atoms with Crippen LogP contribution in [0.4, 0.5) is 0 Å². The van der Waals surface area contributed by atoms with Crippen LogP contribution in [0.15, 0.2) is 64.8 Å². The highest BCUT2D eigenvalue weighted by Crippen LogP contribution is 2.42. The van der Waals surface area contributed by atoms with Crippen molar-refractivity contribution in [3.05, 3.63) is 107 Å². The number of phenols is 1. The molecule has 0 spiro atoms. The van der Waals surface area contributed by atoms with Gasteiger partial charge in [-0.3, -0.25) is 4.79 Å². The number of pyridine rings is 1. The lowest BCUT2D eigenvalue weighted by molar-refractivity contribution is -0.169. The molecule has 1 fully saturated rings. The molecule has 336 valence electrons. The smallest absolute Gasteiger partial charge is 0.349 e. The van der Waals surface area contributed by atoms with E-state index < -0.39 is 19.9 Å². The van der Waals surface area contributed by atoms with Gasteiger partial charge >= 0.3 is 5.97 Å². The molecule has 4 N–H and O–H groups in total. The number of rotatable bonds is 16. The van der Waals surface area contributed by atoms with Crippen molar-refractivity contribution >= 4 is 58.9 Å². The highest BCUT2D eigenvalue weighted by atomic mass is 32.1. The molecule has 2 atom stereocenters. The first-order valence-corrected chi connectivity index (χ1v) is 27.0. The molecule has 6 aromatic rings. The van der Waals surface area contributed by atoms with Gasteiger partial charge in [0.05, 0.1) is 26.9 Å². The van der Waals surface area contributed by atoms with Crippen molar-refractivity contribution in [2.45, 2.75) is 134 Å². The fourth-order valence-electron chi connectivity index (χ4n) is 9.21. The summed E-state index contributed by atoms with van der Waals surface area (Å²) in [5, 5.41) is 38.2. The second-order valence-corrected chi connectivity index (χ2v) is 26.1. The SMILES string of the molecule is Cc1ccc([C@](O)(C(=O)O[C@H]2CC[C@H](N(C)CCCn3nnc4cc(CNC[C@H](O[Si](C)(C)C(C)(C)C)c5ccc(O)c6[nH]c(=O)ccc56)c5c(c43)CCC5)CC2)c2cccs2)s1. The number of aromatic nitrogens is 4. The lowest BCUT2D eigenvalue weighted by Gasteiger charge is -2.39. The molecule has 0 unspecified atom stereocenters. The maximum Gasteiger partial charge on any atom is 0.349 e. The van der Waals surface area contributed by atoms with Crippen LogP contribution in [0.25, 0.3) is 21.9 Å². The Morgan fingerprint density at radius 1 is 1.06 bits per heavy atom. The van der Waals surface area contributed by atoms with E-state index in [1.54, 1.807) is 18.2 Å². The maximum absolute atomic E-state index is 13.6. The minimum absolute atomic E-state index is 0.0123. The average Bonchev–Trinajstić information content (AvgIpc) is 4.09. The van der Waals surface area contributed by atoms with Gasteiger partial charge < -0.3 is 34.6 Å². The molecule has 0 aliphatic heterocycles. The summed E-state index contributed by atoms with van der Waals surface area (Å²) in [6.45, 7) is 16.1. The molecule has 2 aromatic carbocycles. The summed E-state index contributed by atoms with van der Waals surface area (Å²) in [5.74, 6) is -0.543. The number of benzene rings is 2. The lowest BCUT2D eigenvalue weighted by Crippen LogP contribution is -2.43. The van der Waals surface area contributed by atoms with Gasteiger partial charge in [-0.25, -0.2) is 9.48 Å². The molecule has 8 rings (SSSR count). The van der Waals surface area contributed by atoms with Crippen molar-refractivity contribution in [1.29, 1.82) is 0 Å². The van der Waals surface area contributed by atoms with E-state index in [1.807, 2.05) is 36.6 Å². The van der Waals surface area contributed by atoms with Crippen LogP contribution < -0.4 is 10.9 Å². The zero-order chi connectivity index (χ0) is 44.7. The van der Waals surface area contributed by atoms with Crippen molar-refractivity contribution in [3.8, 4) is 5.75 Å². The number of nitrogens with zero attached hydrogens (tertiary/aromatic N) is 4. The first kappa shape index (κ1) is 45.3. The minimum atomic E-state index is -2.22. The molecular weight excluding hydrogens is 849 g/mol. The summed E-state index contributed by atoms with van der Waals surface area (Å²) < 4.78 is 15.2. The third-order valence-electron chi connectivity index (χ3n) is 13.8. The Kier molecular flexibility index (Phi) is 13.2. The van der Waals surface area contributed by atoms with E-state index in [0.717, 1.165) is 91.3 Å². The van der Waals surface area contributed by atoms with Gasteiger partial charge in [0.2, 0.25) is 11.2 Å². The van der Waals surface area contributed by atoms with E-state index in [9.17, 15) is 19.8 Å². The highest BCUT2D eigenvalue weighted by molar-refractivity contribution is 7.13. The van der Waals surface area contributed by atoms with Gasteiger partial charge in [0.1, 0.15) is 17.4 Å². The number of phenolic OH excluding ortho intramolecular Hbond substituents is 1. The van der Waals surface area contributed by atoms with Crippen LogP contribution >= 0.6 is 22.7 Å². The van der Waals surface area contributed by atoms with Crippen LogP contribution in [-0.4, -0.2) is 81.7 Å². The maximum atomic E-state index is 13.6. The number of fused-ring (bicyclic) bond motifs is 4. The molecule has 2 aliphatic rings. The molecule has 0 amide bonds. The zero-order valence-electron chi connectivity index (χ0n) is 37.6. The Balaban J connectivity index is 0.885. The topological polar surface area (TPSA) is 155 Å². The van der Waals surface area contributed by atoms with Gasteiger partial charge in [-0.05, 0) is 154 Å². The number of aliphatic hydroxyl groups is 1. The third-order valence-corrected chi connectivity index (χ3v) is 20.4. The van der Waals surface area contributed by atoms with Gasteiger partial charge in [-0.2, -0.15) is 0 Å². The molecule has 15 heteroatoms. The van der Waals surface area contributed by atoms with E-state index in [0.29, 0.717) is 34.4 Å². The monoisotopic (exact) mass is 910 g/mol. The summed E-state index contributed by atoms with van der Waals surface area (Å²) in [7, 11) is -0.0347. The number of aromatic amines is 1. The van der Waals surface area contributed by atoms with Gasteiger partial charge in [0.15, 0.2) is 8.32 Å². The first-order valence-electron chi connectivity index (χ1n) is 22.4. The van der Waals surface area contributed by atoms with Crippen LogP contribution in [0.5, 0.6) is 5.75 Å². The second-order valence-electron chi connectivity index (χ2n) is 19.1. The molecule has 12 nitrogen and oxygen atoms in total. The number of carbonyl (C=O) groups excluding carboxylic acids is 1. The van der Waals surface area contributed by atoms with Crippen molar-refractivity contribution < 1.29 is 24.2 Å². The molecule has 63 heavy (non-hydrogen) atoms. The van der Waals surface area contributed by atoms with Gasteiger partial charge in [-0.1, -0.05) is 38.1 Å². The predicted molar refractivity (Wildman–Crippen MR) is 254 cm³/mol. The predicted octanol–water partition coefficient (Wildman–Crippen LogP) is 8.86. The molecule has 4 heterocycles. The van der Waals surface area contributed by atoms with Gasteiger partial charge in [-0.15, -0.1) is 27.8 Å². The van der Waals surface area contributed by atoms with Crippen LogP contribution in [0.3, 0.4) is 0 Å². The normalized spacial score (nSPS) is 18.6. The largest absolute Gasteiger partial charge is 0.506 e. The summed E-state index contributed by atoms with van der Waals surface area (Å²) in [4.78, 5) is 33.3. The fourth-order valence-corrected chi connectivity index (χ4v) is 12.3. The number of carbonyl (C=O) groups is 1. The van der Waals surface area contributed by atoms with Crippen LogP contribution in [-0.2, 0) is 45.5 Å². The Hall–Kier alpha value is -4.22. The molecular formula is C48H62N6O6S2Si. The molecule has 4 aromatic heterocycles. The number of thiophene rings is 2. The Morgan fingerprint density at radius 3 is 2.56 bits per heavy atom. The fraction of sp³-hybridized carbons (Fsp3) is 0.500. The lowest BCUT2D eigenvalue weighted by atomic mass is 9.91. The number of esters is 1. The van der Waals surface area contributed by atoms with Crippen LogP contribution in [0, 0.1) is 6.92 Å². The molecule has 1 saturated carbocycles. The van der Waals surface area contributed by atoms with Crippen molar-refractivity contribution in [1.82, 2.24) is 30.2 Å². The average molecular weight is 911 g/mol. The second kappa shape index (κ2) is 18.3. The van der Waals surface area contributed by atoms with E-state index in [4.69, 9.17) is 9.16 Å². The first-order chi connectivity index (χ1) is 30.0. The summed E-state index contributed by atoms with van der Waals surface area (Å²) >= 11 is 2.79.